The van der Waals surface area contributed by atoms with Gasteiger partial charge in [0.25, 0.3) is 0 Å². The van der Waals surface area contributed by atoms with Gasteiger partial charge >= 0.3 is 12.2 Å². The number of amides is 2. The van der Waals surface area contributed by atoms with Crippen LogP contribution in [0.1, 0.15) is 54.4 Å². The topological polar surface area (TPSA) is 104 Å². The van der Waals surface area contributed by atoms with E-state index >= 15 is 0 Å². The zero-order valence-electron chi connectivity index (χ0n) is 19.1. The number of carbonyl (C=O) groups excluding carboxylic acids is 2. The summed E-state index contributed by atoms with van der Waals surface area (Å²) in [5, 5.41) is 9.17. The van der Waals surface area contributed by atoms with Gasteiger partial charge in [0, 0.05) is 39.8 Å². The van der Waals surface area contributed by atoms with E-state index in [1.54, 1.807) is 11.9 Å². The molecule has 0 saturated carbocycles. The predicted molar refractivity (Wildman–Crippen MR) is 114 cm³/mol. The van der Waals surface area contributed by atoms with Gasteiger partial charge in [-0.1, -0.05) is 0 Å². The Hall–Kier alpha value is -2.19. The molecular formula is C20H39N5O4. The number of aliphatic imine (C=N–C) groups is 1. The third-order valence-corrected chi connectivity index (χ3v) is 4.13. The zero-order valence-corrected chi connectivity index (χ0v) is 19.1. The van der Waals surface area contributed by atoms with Gasteiger partial charge in [0.05, 0.1) is 0 Å². The first kappa shape index (κ1) is 24.8. The van der Waals surface area contributed by atoms with Gasteiger partial charge in [-0.15, -0.1) is 0 Å². The molecule has 9 nitrogen and oxygen atoms in total. The predicted octanol–water partition coefficient (Wildman–Crippen LogP) is 2.32. The molecule has 0 aromatic carbocycles. The molecule has 1 saturated heterocycles. The van der Waals surface area contributed by atoms with Crippen molar-refractivity contribution in [1.29, 1.82) is 0 Å². The highest BCUT2D eigenvalue weighted by Crippen LogP contribution is 2.19. The van der Waals surface area contributed by atoms with E-state index in [4.69, 9.17) is 9.47 Å². The largest absolute Gasteiger partial charge is 0.444 e. The molecule has 3 N–H and O–H groups in total. The molecular weight excluding hydrogens is 374 g/mol. The molecule has 168 valence electrons. The van der Waals surface area contributed by atoms with Gasteiger partial charge in [0.15, 0.2) is 5.96 Å². The average molecular weight is 414 g/mol. The van der Waals surface area contributed by atoms with Crippen molar-refractivity contribution in [3.63, 3.8) is 0 Å². The molecule has 0 spiro atoms. The van der Waals surface area contributed by atoms with Crippen molar-refractivity contribution in [2.75, 3.05) is 39.8 Å². The van der Waals surface area contributed by atoms with Gasteiger partial charge in [-0.05, 0) is 60.3 Å². The van der Waals surface area contributed by atoms with Crippen LogP contribution in [0.15, 0.2) is 4.99 Å². The Bertz CT molecular complexity index is 558. The van der Waals surface area contributed by atoms with Crippen LogP contribution in [0.3, 0.4) is 0 Å². The molecule has 1 rings (SSSR count). The smallest absolute Gasteiger partial charge is 0.410 e. The number of hydrogen-bond acceptors (Lipinski definition) is 5. The Morgan fingerprint density at radius 2 is 1.48 bits per heavy atom. The van der Waals surface area contributed by atoms with Gasteiger partial charge in [-0.25, -0.2) is 9.59 Å². The van der Waals surface area contributed by atoms with Crippen molar-refractivity contribution in [2.45, 2.75) is 65.6 Å². The monoisotopic (exact) mass is 413 g/mol. The maximum absolute atomic E-state index is 12.1. The van der Waals surface area contributed by atoms with Crippen LogP contribution in [0.2, 0.25) is 0 Å². The Labute approximate surface area is 175 Å². The molecule has 1 aliphatic rings. The summed E-state index contributed by atoms with van der Waals surface area (Å²) in [6.45, 7) is 14.3. The lowest BCUT2D eigenvalue weighted by atomic mass is 9.97. The summed E-state index contributed by atoms with van der Waals surface area (Å²) in [6, 6.07) is 0. The molecule has 1 aliphatic heterocycles. The Kier molecular flexibility index (Phi) is 9.52. The maximum atomic E-state index is 12.1. The lowest BCUT2D eigenvalue weighted by Crippen LogP contribution is -2.46. The van der Waals surface area contributed by atoms with Crippen LogP contribution in [0, 0.1) is 5.92 Å². The van der Waals surface area contributed by atoms with Gasteiger partial charge in [-0.2, -0.15) is 0 Å². The number of nitrogens with one attached hydrogen (secondary N) is 3. The second-order valence-corrected chi connectivity index (χ2v) is 9.22. The van der Waals surface area contributed by atoms with Gasteiger partial charge in [0.1, 0.15) is 11.2 Å². The van der Waals surface area contributed by atoms with Crippen molar-refractivity contribution in [3.05, 3.63) is 0 Å². The number of guanidine groups is 1. The third kappa shape index (κ3) is 11.4. The molecule has 0 aromatic heterocycles. The third-order valence-electron chi connectivity index (χ3n) is 4.13. The molecule has 2 amide bonds. The Balaban J connectivity index is 2.22. The first-order valence-electron chi connectivity index (χ1n) is 10.3. The van der Waals surface area contributed by atoms with Crippen LogP contribution in [0.5, 0.6) is 0 Å². The molecule has 29 heavy (non-hydrogen) atoms. The minimum absolute atomic E-state index is 0.237. The maximum Gasteiger partial charge on any atom is 0.410 e. The summed E-state index contributed by atoms with van der Waals surface area (Å²) in [4.78, 5) is 29.7. The minimum atomic E-state index is -0.506. The quantitative estimate of drug-likeness (QED) is 0.363. The Morgan fingerprint density at radius 1 is 0.931 bits per heavy atom. The fourth-order valence-electron chi connectivity index (χ4n) is 2.77. The SMILES string of the molecule is CN=C(NCCNC(=O)OC(C)(C)C)NCC1CCN(C(=O)OC(C)(C)C)CC1. The summed E-state index contributed by atoms with van der Waals surface area (Å²) in [5.41, 5.74) is -0.972. The number of likely N-dealkylation sites (tertiary alicyclic amines) is 1. The number of piperidine rings is 1. The fraction of sp³-hybridized carbons (Fsp3) is 0.850. The number of carbonyl (C=O) groups is 2. The molecule has 0 aliphatic carbocycles. The zero-order chi connectivity index (χ0) is 22.1. The molecule has 0 unspecified atom stereocenters. The number of nitrogens with zero attached hydrogens (tertiary/aromatic N) is 2. The summed E-state index contributed by atoms with van der Waals surface area (Å²) in [7, 11) is 1.71. The molecule has 0 aromatic rings. The van der Waals surface area contributed by atoms with E-state index in [2.05, 4.69) is 20.9 Å². The van der Waals surface area contributed by atoms with E-state index in [9.17, 15) is 9.59 Å². The van der Waals surface area contributed by atoms with Crippen LogP contribution >= 0.6 is 0 Å². The minimum Gasteiger partial charge on any atom is -0.444 e. The number of ether oxygens (including phenoxy) is 2. The van der Waals surface area contributed by atoms with Crippen molar-refractivity contribution >= 4 is 18.1 Å². The van der Waals surface area contributed by atoms with Crippen molar-refractivity contribution in [3.8, 4) is 0 Å². The van der Waals surface area contributed by atoms with Gasteiger partial charge in [-0.3, -0.25) is 4.99 Å². The molecule has 9 heteroatoms. The van der Waals surface area contributed by atoms with Gasteiger partial charge in [0.2, 0.25) is 0 Å². The summed E-state index contributed by atoms with van der Waals surface area (Å²) >= 11 is 0. The van der Waals surface area contributed by atoms with E-state index in [1.807, 2.05) is 41.5 Å². The molecule has 0 bridgehead atoms. The normalized spacial score (nSPS) is 16.2. The highest BCUT2D eigenvalue weighted by molar-refractivity contribution is 5.79. The van der Waals surface area contributed by atoms with E-state index in [1.165, 1.54) is 0 Å². The van der Waals surface area contributed by atoms with Crippen molar-refractivity contribution in [2.24, 2.45) is 10.9 Å². The number of alkyl carbamates (subject to hydrolysis) is 1. The van der Waals surface area contributed by atoms with Gasteiger partial charge < -0.3 is 30.3 Å². The van der Waals surface area contributed by atoms with E-state index in [-0.39, 0.29) is 6.09 Å². The standard InChI is InChI=1S/C20H39N5O4/c1-19(2,3)28-17(26)23-11-10-22-16(21-7)24-14-15-8-12-25(13-9-15)18(27)29-20(4,5)6/h15H,8-14H2,1-7H3,(H,23,26)(H2,21,22,24). The molecule has 1 fully saturated rings. The molecule has 0 radical (unpaired) electrons. The van der Waals surface area contributed by atoms with Crippen molar-refractivity contribution in [1.82, 2.24) is 20.9 Å². The highest BCUT2D eigenvalue weighted by atomic mass is 16.6. The first-order valence-corrected chi connectivity index (χ1v) is 10.3. The Morgan fingerprint density at radius 3 is 2.00 bits per heavy atom. The number of rotatable bonds is 5. The second-order valence-electron chi connectivity index (χ2n) is 9.22. The van der Waals surface area contributed by atoms with E-state index in [0.29, 0.717) is 38.1 Å². The van der Waals surface area contributed by atoms with Crippen LogP contribution in [0.4, 0.5) is 9.59 Å². The van der Waals surface area contributed by atoms with E-state index in [0.717, 1.165) is 19.4 Å². The van der Waals surface area contributed by atoms with Crippen LogP contribution in [-0.2, 0) is 9.47 Å². The summed E-state index contributed by atoms with van der Waals surface area (Å²) in [5.74, 6) is 1.15. The van der Waals surface area contributed by atoms with E-state index < -0.39 is 17.3 Å². The fourth-order valence-corrected chi connectivity index (χ4v) is 2.77. The molecule has 0 atom stereocenters. The average Bonchev–Trinajstić information content (AvgIpc) is 2.58. The summed E-state index contributed by atoms with van der Waals surface area (Å²) < 4.78 is 10.6. The van der Waals surface area contributed by atoms with Crippen molar-refractivity contribution < 1.29 is 19.1 Å². The summed E-state index contributed by atoms with van der Waals surface area (Å²) in [6.07, 6.45) is 1.17. The second kappa shape index (κ2) is 11.1. The number of hydrogen-bond donors (Lipinski definition) is 3. The van der Waals surface area contributed by atoms with Crippen LogP contribution in [0.25, 0.3) is 0 Å². The first-order chi connectivity index (χ1) is 13.4. The molecule has 1 heterocycles. The lowest BCUT2D eigenvalue weighted by molar-refractivity contribution is 0.0185. The lowest BCUT2D eigenvalue weighted by Gasteiger charge is -2.33. The van der Waals surface area contributed by atoms with Crippen LogP contribution < -0.4 is 16.0 Å². The van der Waals surface area contributed by atoms with Crippen LogP contribution in [-0.4, -0.2) is 74.0 Å². The highest BCUT2D eigenvalue weighted by Gasteiger charge is 2.26.